The molecule has 118 valence electrons. The van der Waals surface area contributed by atoms with E-state index in [2.05, 4.69) is 42.4 Å². The van der Waals surface area contributed by atoms with Gasteiger partial charge >= 0.3 is 0 Å². The average Bonchev–Trinajstić information content (AvgIpc) is 2.53. The second-order valence-electron chi connectivity index (χ2n) is 6.55. The molecule has 0 spiro atoms. The Morgan fingerprint density at radius 2 is 2.00 bits per heavy atom. The molecule has 0 atom stereocenters. The third-order valence-corrected chi connectivity index (χ3v) is 4.24. The fourth-order valence-electron chi connectivity index (χ4n) is 2.96. The van der Waals surface area contributed by atoms with Crippen LogP contribution in [0.1, 0.15) is 41.8 Å². The van der Waals surface area contributed by atoms with Gasteiger partial charge in [-0.25, -0.2) is 4.98 Å². The minimum atomic E-state index is -0.247. The first kappa shape index (κ1) is 15.5. The van der Waals surface area contributed by atoms with E-state index in [0.29, 0.717) is 24.5 Å². The Morgan fingerprint density at radius 3 is 2.70 bits per heavy atom. The molecule has 3 rings (SSSR count). The van der Waals surface area contributed by atoms with Gasteiger partial charge in [0.2, 0.25) is 0 Å². The number of hydrogen-bond acceptors (Lipinski definition) is 4. The maximum Gasteiger partial charge on any atom is 0.144 e. The molecule has 0 saturated heterocycles. The Kier molecular flexibility index (Phi) is 4.06. The van der Waals surface area contributed by atoms with Gasteiger partial charge in [-0.3, -0.25) is 0 Å². The van der Waals surface area contributed by atoms with E-state index in [0.717, 1.165) is 28.8 Å². The zero-order valence-electron chi connectivity index (χ0n) is 13.8. The third-order valence-electron chi connectivity index (χ3n) is 4.24. The molecule has 1 aliphatic rings. The van der Waals surface area contributed by atoms with Gasteiger partial charge in [-0.15, -0.1) is 0 Å². The van der Waals surface area contributed by atoms with E-state index in [1.54, 1.807) is 0 Å². The molecule has 1 N–H and O–H groups in total. The molecule has 0 saturated carbocycles. The van der Waals surface area contributed by atoms with Gasteiger partial charge in [0, 0.05) is 24.2 Å². The molecular formula is C19H21N3O. The number of nitrogens with zero attached hydrogens (tertiary/aromatic N) is 2. The number of rotatable bonds is 3. The summed E-state index contributed by atoms with van der Waals surface area (Å²) in [5, 5.41) is 13.0. The van der Waals surface area contributed by atoms with Gasteiger partial charge in [0.05, 0.1) is 17.8 Å². The van der Waals surface area contributed by atoms with E-state index >= 15 is 0 Å². The second kappa shape index (κ2) is 6.02. The van der Waals surface area contributed by atoms with Crippen molar-refractivity contribution in [3.05, 3.63) is 58.3 Å². The normalized spacial score (nSPS) is 15.6. The number of aryl methyl sites for hydroxylation is 1. The van der Waals surface area contributed by atoms with Crippen LogP contribution in [0.5, 0.6) is 0 Å². The van der Waals surface area contributed by atoms with Gasteiger partial charge in [-0.1, -0.05) is 30.3 Å². The van der Waals surface area contributed by atoms with Gasteiger partial charge < -0.3 is 10.1 Å². The van der Waals surface area contributed by atoms with Crippen molar-refractivity contribution in [3.8, 4) is 6.07 Å². The fraction of sp³-hybridized carbons (Fsp3) is 0.368. The molecule has 2 aromatic rings. The zero-order chi connectivity index (χ0) is 16.4. The molecule has 1 aliphatic heterocycles. The van der Waals surface area contributed by atoms with E-state index < -0.39 is 0 Å². The lowest BCUT2D eigenvalue weighted by Crippen LogP contribution is -2.33. The van der Waals surface area contributed by atoms with Gasteiger partial charge in [0.1, 0.15) is 11.9 Å². The molecule has 0 fully saturated rings. The summed E-state index contributed by atoms with van der Waals surface area (Å²) >= 11 is 0. The Hall–Kier alpha value is -2.38. The molecule has 1 aromatic heterocycles. The molecule has 0 aliphatic carbocycles. The van der Waals surface area contributed by atoms with E-state index in [1.807, 2.05) is 25.1 Å². The van der Waals surface area contributed by atoms with Crippen molar-refractivity contribution in [2.45, 2.75) is 45.9 Å². The first-order valence-electron chi connectivity index (χ1n) is 7.84. The Bertz CT molecular complexity index is 760. The molecule has 23 heavy (non-hydrogen) atoms. The summed E-state index contributed by atoms with van der Waals surface area (Å²) in [6.45, 7) is 7.28. The van der Waals surface area contributed by atoms with Crippen molar-refractivity contribution < 1.29 is 4.74 Å². The zero-order valence-corrected chi connectivity index (χ0v) is 13.8. The number of nitriles is 1. The first-order valence-corrected chi connectivity index (χ1v) is 7.84. The smallest absolute Gasteiger partial charge is 0.144 e. The highest BCUT2D eigenvalue weighted by molar-refractivity contribution is 5.60. The number of pyridine rings is 1. The molecule has 4 heteroatoms. The lowest BCUT2D eigenvalue weighted by atomic mass is 9.88. The number of fused-ring (bicyclic) bond motifs is 1. The van der Waals surface area contributed by atoms with Crippen molar-refractivity contribution >= 4 is 5.82 Å². The predicted octanol–water partition coefficient (Wildman–Crippen LogP) is 3.73. The van der Waals surface area contributed by atoms with Crippen LogP contribution >= 0.6 is 0 Å². The SMILES string of the molecule is Cc1nc(NCc2ccccc2)c(C#N)c2c1COC(C)(C)C2. The van der Waals surface area contributed by atoms with Crippen molar-refractivity contribution in [3.63, 3.8) is 0 Å². The molecule has 0 unspecified atom stereocenters. The number of anilines is 1. The maximum absolute atomic E-state index is 9.66. The van der Waals surface area contributed by atoms with Crippen molar-refractivity contribution in [1.82, 2.24) is 4.98 Å². The fourth-order valence-corrected chi connectivity index (χ4v) is 2.96. The third kappa shape index (κ3) is 3.20. The van der Waals surface area contributed by atoms with Crippen LogP contribution < -0.4 is 5.32 Å². The molecule has 0 bridgehead atoms. The number of benzene rings is 1. The molecular weight excluding hydrogens is 286 g/mol. The van der Waals surface area contributed by atoms with Crippen LogP contribution in [-0.4, -0.2) is 10.6 Å². The molecule has 4 nitrogen and oxygen atoms in total. The largest absolute Gasteiger partial charge is 0.370 e. The van der Waals surface area contributed by atoms with Gasteiger partial charge in [0.25, 0.3) is 0 Å². The molecule has 0 amide bonds. The van der Waals surface area contributed by atoms with E-state index in [9.17, 15) is 5.26 Å². The number of hydrogen-bond donors (Lipinski definition) is 1. The minimum Gasteiger partial charge on any atom is -0.370 e. The summed E-state index contributed by atoms with van der Waals surface area (Å²) in [4.78, 5) is 4.61. The number of nitrogens with one attached hydrogen (secondary N) is 1. The Morgan fingerprint density at radius 1 is 1.26 bits per heavy atom. The second-order valence-corrected chi connectivity index (χ2v) is 6.55. The van der Waals surface area contributed by atoms with Crippen LogP contribution in [-0.2, 0) is 24.3 Å². The summed E-state index contributed by atoms with van der Waals surface area (Å²) in [5.74, 6) is 0.672. The van der Waals surface area contributed by atoms with Gasteiger partial charge in [-0.05, 0) is 31.9 Å². The number of ether oxygens (including phenoxy) is 1. The highest BCUT2D eigenvalue weighted by atomic mass is 16.5. The van der Waals surface area contributed by atoms with Crippen LogP contribution in [0, 0.1) is 18.3 Å². The highest BCUT2D eigenvalue weighted by Crippen LogP contribution is 2.33. The summed E-state index contributed by atoms with van der Waals surface area (Å²) in [6.07, 6.45) is 0.731. The van der Waals surface area contributed by atoms with Gasteiger partial charge in [-0.2, -0.15) is 5.26 Å². The van der Waals surface area contributed by atoms with E-state index in [4.69, 9.17) is 4.74 Å². The lowest BCUT2D eigenvalue weighted by Gasteiger charge is -2.33. The monoisotopic (exact) mass is 307 g/mol. The Balaban J connectivity index is 1.95. The van der Waals surface area contributed by atoms with E-state index in [1.165, 1.54) is 0 Å². The highest BCUT2D eigenvalue weighted by Gasteiger charge is 2.30. The van der Waals surface area contributed by atoms with Crippen molar-refractivity contribution in [2.75, 3.05) is 5.32 Å². The lowest BCUT2D eigenvalue weighted by molar-refractivity contribution is -0.0405. The summed E-state index contributed by atoms with van der Waals surface area (Å²) in [7, 11) is 0. The topological polar surface area (TPSA) is 57.9 Å². The molecule has 2 heterocycles. The maximum atomic E-state index is 9.66. The van der Waals surface area contributed by atoms with Crippen molar-refractivity contribution in [2.24, 2.45) is 0 Å². The van der Waals surface area contributed by atoms with Crippen LogP contribution in [0.3, 0.4) is 0 Å². The van der Waals surface area contributed by atoms with Crippen molar-refractivity contribution in [1.29, 1.82) is 5.26 Å². The average molecular weight is 307 g/mol. The van der Waals surface area contributed by atoms with Crippen LogP contribution in [0.4, 0.5) is 5.82 Å². The quantitative estimate of drug-likeness (QED) is 0.939. The van der Waals surface area contributed by atoms with E-state index in [-0.39, 0.29) is 5.60 Å². The minimum absolute atomic E-state index is 0.247. The summed E-state index contributed by atoms with van der Waals surface area (Å²) in [6, 6.07) is 12.5. The predicted molar refractivity (Wildman–Crippen MR) is 90.0 cm³/mol. The summed E-state index contributed by atoms with van der Waals surface area (Å²) < 4.78 is 5.87. The van der Waals surface area contributed by atoms with Crippen LogP contribution in [0.15, 0.2) is 30.3 Å². The Labute approximate surface area is 137 Å². The van der Waals surface area contributed by atoms with Gasteiger partial charge in [0.15, 0.2) is 0 Å². The first-order chi connectivity index (χ1) is 11.0. The molecule has 1 aromatic carbocycles. The van der Waals surface area contributed by atoms with Crippen LogP contribution in [0.25, 0.3) is 0 Å². The standard InChI is InChI=1S/C19H21N3O/c1-13-17-12-23-19(2,3)9-15(17)16(10-20)18(22-13)21-11-14-7-5-4-6-8-14/h4-8H,9,11-12H2,1-3H3,(H,21,22). The summed E-state index contributed by atoms with van der Waals surface area (Å²) in [5.41, 5.74) is 4.64. The molecule has 0 radical (unpaired) electrons. The number of aromatic nitrogens is 1. The van der Waals surface area contributed by atoms with Crippen LogP contribution in [0.2, 0.25) is 0 Å².